The summed E-state index contributed by atoms with van der Waals surface area (Å²) < 4.78 is 7.51. The lowest BCUT2D eigenvalue weighted by Gasteiger charge is -2.26. The average Bonchev–Trinajstić information content (AvgIpc) is 3.17. The Morgan fingerprint density at radius 1 is 1.28 bits per heavy atom. The van der Waals surface area contributed by atoms with Gasteiger partial charge in [0.1, 0.15) is 0 Å². The van der Waals surface area contributed by atoms with Crippen molar-refractivity contribution in [3.63, 3.8) is 0 Å². The molecule has 150 valence electrons. The van der Waals surface area contributed by atoms with Gasteiger partial charge in [-0.1, -0.05) is 31.2 Å². The zero-order valence-corrected chi connectivity index (χ0v) is 16.6. The summed E-state index contributed by atoms with van der Waals surface area (Å²) in [7, 11) is 0. The Morgan fingerprint density at radius 3 is 2.90 bits per heavy atom. The maximum atomic E-state index is 13.1. The standard InChI is InChI=1S/C23H26N4O2/c1-2-13-29-21-15-27(18-8-4-3-5-9-18)26-22(21)23(28)25-20-10-6-7-16-14-17(24)11-12-19(16)20/h3-5,8-9,11-12,14-15,20H,2,6-7,10,13,24H2,1H3,(H,25,28). The Hall–Kier alpha value is -3.28. The number of nitrogen functional groups attached to an aromatic ring is 1. The minimum absolute atomic E-state index is 0.0484. The zero-order chi connectivity index (χ0) is 20.2. The van der Waals surface area contributed by atoms with Crippen LogP contribution in [0.15, 0.2) is 54.7 Å². The van der Waals surface area contributed by atoms with Crippen LogP contribution in [0.4, 0.5) is 5.69 Å². The van der Waals surface area contributed by atoms with Gasteiger partial charge in [-0.3, -0.25) is 4.79 Å². The first-order valence-corrected chi connectivity index (χ1v) is 10.1. The van der Waals surface area contributed by atoms with E-state index in [0.717, 1.165) is 42.6 Å². The first-order valence-electron chi connectivity index (χ1n) is 10.1. The molecule has 0 radical (unpaired) electrons. The van der Waals surface area contributed by atoms with Crippen LogP contribution in [0.1, 0.15) is 53.8 Å². The van der Waals surface area contributed by atoms with Crippen molar-refractivity contribution >= 4 is 11.6 Å². The molecule has 0 bridgehead atoms. The maximum Gasteiger partial charge on any atom is 0.276 e. The molecule has 6 nitrogen and oxygen atoms in total. The highest BCUT2D eigenvalue weighted by atomic mass is 16.5. The Bertz CT molecular complexity index is 997. The van der Waals surface area contributed by atoms with Crippen molar-refractivity contribution < 1.29 is 9.53 Å². The number of ether oxygens (including phenoxy) is 1. The van der Waals surface area contributed by atoms with E-state index >= 15 is 0 Å². The molecule has 1 aliphatic rings. The van der Waals surface area contributed by atoms with Gasteiger partial charge in [-0.05, 0) is 61.1 Å². The number of hydrogen-bond donors (Lipinski definition) is 2. The molecule has 2 aromatic carbocycles. The Balaban J connectivity index is 1.61. The number of fused-ring (bicyclic) bond motifs is 1. The Morgan fingerprint density at radius 2 is 2.10 bits per heavy atom. The van der Waals surface area contributed by atoms with Crippen molar-refractivity contribution in [1.82, 2.24) is 15.1 Å². The van der Waals surface area contributed by atoms with E-state index in [4.69, 9.17) is 10.5 Å². The van der Waals surface area contributed by atoms with Gasteiger partial charge in [0, 0.05) is 5.69 Å². The van der Waals surface area contributed by atoms with E-state index in [9.17, 15) is 4.79 Å². The maximum absolute atomic E-state index is 13.1. The van der Waals surface area contributed by atoms with Crippen LogP contribution in [0.3, 0.4) is 0 Å². The zero-order valence-electron chi connectivity index (χ0n) is 16.6. The topological polar surface area (TPSA) is 82.2 Å². The molecule has 0 spiro atoms. The first-order chi connectivity index (χ1) is 14.2. The van der Waals surface area contributed by atoms with E-state index in [2.05, 4.69) is 10.4 Å². The number of nitrogens with one attached hydrogen (secondary N) is 1. The lowest BCUT2D eigenvalue weighted by Crippen LogP contribution is -2.31. The van der Waals surface area contributed by atoms with E-state index < -0.39 is 0 Å². The van der Waals surface area contributed by atoms with Gasteiger partial charge in [0.2, 0.25) is 0 Å². The predicted molar refractivity (Wildman–Crippen MR) is 113 cm³/mol. The molecule has 1 unspecified atom stereocenters. The molecule has 3 aromatic rings. The van der Waals surface area contributed by atoms with Crippen LogP contribution >= 0.6 is 0 Å². The molecular formula is C23H26N4O2. The van der Waals surface area contributed by atoms with Crippen molar-refractivity contribution in [1.29, 1.82) is 0 Å². The fourth-order valence-corrected chi connectivity index (χ4v) is 3.76. The largest absolute Gasteiger partial charge is 0.489 e. The van der Waals surface area contributed by atoms with Crippen LogP contribution in [0, 0.1) is 0 Å². The highest BCUT2D eigenvalue weighted by Gasteiger charge is 2.26. The predicted octanol–water partition coefficient (Wildman–Crippen LogP) is 4.05. The van der Waals surface area contributed by atoms with Crippen LogP contribution in [0.25, 0.3) is 5.69 Å². The number of rotatable bonds is 6. The lowest BCUT2D eigenvalue weighted by molar-refractivity contribution is 0.0923. The van der Waals surface area contributed by atoms with Gasteiger partial charge in [0.25, 0.3) is 5.91 Å². The molecule has 3 N–H and O–H groups in total. The number of nitrogens with two attached hydrogens (primary N) is 1. The number of benzene rings is 2. The smallest absolute Gasteiger partial charge is 0.276 e. The van der Waals surface area contributed by atoms with Gasteiger partial charge >= 0.3 is 0 Å². The number of amides is 1. The molecule has 1 atom stereocenters. The van der Waals surface area contributed by atoms with Crippen LogP contribution < -0.4 is 15.8 Å². The summed E-state index contributed by atoms with van der Waals surface area (Å²) in [5.41, 5.74) is 10.2. The minimum atomic E-state index is -0.222. The summed E-state index contributed by atoms with van der Waals surface area (Å²) in [6.07, 6.45) is 5.52. The fourth-order valence-electron chi connectivity index (χ4n) is 3.76. The lowest BCUT2D eigenvalue weighted by atomic mass is 9.87. The molecule has 1 aliphatic carbocycles. The van der Waals surface area contributed by atoms with Crippen LogP contribution in [-0.4, -0.2) is 22.3 Å². The van der Waals surface area contributed by atoms with Crippen molar-refractivity contribution in [3.05, 3.63) is 71.5 Å². The van der Waals surface area contributed by atoms with Crippen LogP contribution in [0.5, 0.6) is 5.75 Å². The van der Waals surface area contributed by atoms with E-state index in [1.54, 1.807) is 10.9 Å². The molecule has 1 amide bonds. The SMILES string of the molecule is CCCOc1cn(-c2ccccc2)nc1C(=O)NC1CCCc2cc(N)ccc21. The van der Waals surface area contributed by atoms with Gasteiger partial charge in [0.05, 0.1) is 24.5 Å². The molecule has 0 aliphatic heterocycles. The third-order valence-electron chi connectivity index (χ3n) is 5.16. The summed E-state index contributed by atoms with van der Waals surface area (Å²) in [5, 5.41) is 7.69. The van der Waals surface area contributed by atoms with Gasteiger partial charge in [0.15, 0.2) is 11.4 Å². The molecule has 0 fully saturated rings. The van der Waals surface area contributed by atoms with Gasteiger partial charge in [-0.15, -0.1) is 0 Å². The van der Waals surface area contributed by atoms with E-state index in [0.29, 0.717) is 18.1 Å². The highest BCUT2D eigenvalue weighted by molar-refractivity contribution is 5.95. The molecular weight excluding hydrogens is 364 g/mol. The summed E-state index contributed by atoms with van der Waals surface area (Å²) in [6, 6.07) is 15.6. The van der Waals surface area contributed by atoms with Gasteiger partial charge < -0.3 is 15.8 Å². The Labute approximate surface area is 170 Å². The molecule has 0 saturated carbocycles. The molecule has 0 saturated heterocycles. The van der Waals surface area contributed by atoms with E-state index in [-0.39, 0.29) is 11.9 Å². The number of aryl methyl sites for hydroxylation is 1. The third-order valence-corrected chi connectivity index (χ3v) is 5.16. The summed E-state index contributed by atoms with van der Waals surface area (Å²) in [4.78, 5) is 13.1. The second-order valence-corrected chi connectivity index (χ2v) is 7.35. The Kier molecular flexibility index (Phi) is 5.51. The van der Waals surface area contributed by atoms with E-state index in [1.807, 2.05) is 55.5 Å². The van der Waals surface area contributed by atoms with Gasteiger partial charge in [-0.25, -0.2) is 4.68 Å². The number of nitrogens with zero attached hydrogens (tertiary/aromatic N) is 2. The summed E-state index contributed by atoms with van der Waals surface area (Å²) in [6.45, 7) is 2.57. The van der Waals surface area contributed by atoms with Crippen molar-refractivity contribution in [2.24, 2.45) is 0 Å². The normalized spacial score (nSPS) is 15.6. The average molecular weight is 390 g/mol. The number of anilines is 1. The molecule has 4 rings (SSSR count). The summed E-state index contributed by atoms with van der Waals surface area (Å²) >= 11 is 0. The molecule has 29 heavy (non-hydrogen) atoms. The second-order valence-electron chi connectivity index (χ2n) is 7.35. The fraction of sp³-hybridized carbons (Fsp3) is 0.304. The van der Waals surface area contributed by atoms with Crippen molar-refractivity contribution in [2.45, 2.75) is 38.6 Å². The minimum Gasteiger partial charge on any atom is -0.489 e. The van der Waals surface area contributed by atoms with Gasteiger partial charge in [-0.2, -0.15) is 5.10 Å². The van der Waals surface area contributed by atoms with Crippen LogP contribution in [-0.2, 0) is 6.42 Å². The number of carbonyl (C=O) groups is 1. The molecule has 6 heteroatoms. The quantitative estimate of drug-likeness (QED) is 0.622. The molecule has 1 heterocycles. The first kappa shape index (κ1) is 19.1. The number of hydrogen-bond acceptors (Lipinski definition) is 4. The number of carbonyl (C=O) groups excluding carboxylic acids is 1. The highest BCUT2D eigenvalue weighted by Crippen LogP contribution is 2.31. The van der Waals surface area contributed by atoms with Crippen molar-refractivity contribution in [2.75, 3.05) is 12.3 Å². The number of para-hydroxylation sites is 1. The third kappa shape index (κ3) is 4.11. The van der Waals surface area contributed by atoms with E-state index in [1.165, 1.54) is 5.56 Å². The second kappa shape index (κ2) is 8.39. The van der Waals surface area contributed by atoms with Crippen molar-refractivity contribution in [3.8, 4) is 11.4 Å². The summed E-state index contributed by atoms with van der Waals surface area (Å²) in [5.74, 6) is 0.280. The monoisotopic (exact) mass is 390 g/mol. The van der Waals surface area contributed by atoms with Crippen LogP contribution in [0.2, 0.25) is 0 Å². The molecule has 1 aromatic heterocycles. The number of aromatic nitrogens is 2.